The summed E-state index contributed by atoms with van der Waals surface area (Å²) in [6, 6.07) is 1.99. The lowest BCUT2D eigenvalue weighted by atomic mass is 10.0. The number of carboxylic acid groups (broad SMARTS) is 1. The SMILES string of the molecule is NC(=O)c1cc[n+](CC2=C(C(=O)O)N3C(=O)[C@@H](NC(=O)C(=NOC4CCNC4=O)c4csc(N)n4)[C@@H]3SC2)cc1. The first-order valence-corrected chi connectivity index (χ1v) is 13.8. The molecule has 2 saturated heterocycles. The number of fused-ring (bicyclic) bond motifs is 1. The lowest BCUT2D eigenvalue weighted by Gasteiger charge is -2.49. The normalized spacial score (nSPS) is 22.4. The van der Waals surface area contributed by atoms with E-state index in [1.807, 2.05) is 0 Å². The molecular weight excluding hydrogens is 564 g/mol. The highest BCUT2D eigenvalue weighted by atomic mass is 32.2. The van der Waals surface area contributed by atoms with Gasteiger partial charge in [-0.25, -0.2) is 14.3 Å². The number of rotatable bonds is 9. The number of carbonyl (C=O) groups excluding carboxylic acids is 4. The molecule has 17 heteroatoms. The molecule has 208 valence electrons. The third-order valence-corrected chi connectivity index (χ3v) is 8.35. The standard InChI is InChI=1S/C23H22N8O7S2/c24-17(32)10-2-5-30(6-3-10)7-11-8-39-21-15(20(35)31(21)16(11)22(36)37)28-19(34)14(12-9-40-23(25)27-12)29-38-13-1-4-26-18(13)33/h2-3,5-6,9,13,15,21H,1,4,7-8H2,(H6-,24,25,26,27,28,32,33,34,36,37)/p+1/t13?,15-,21+/m1/s1. The molecule has 2 aromatic rings. The largest absolute Gasteiger partial charge is 0.477 e. The monoisotopic (exact) mass is 587 g/mol. The first kappa shape index (κ1) is 27.1. The molecule has 4 amide bonds. The van der Waals surface area contributed by atoms with Gasteiger partial charge in [-0.15, -0.1) is 23.1 Å². The van der Waals surface area contributed by atoms with Gasteiger partial charge >= 0.3 is 5.97 Å². The Morgan fingerprint density at radius 3 is 2.65 bits per heavy atom. The van der Waals surface area contributed by atoms with E-state index < -0.39 is 41.2 Å². The fourth-order valence-corrected chi connectivity index (χ4v) is 6.23. The van der Waals surface area contributed by atoms with Crippen molar-refractivity contribution >= 4 is 63.5 Å². The fourth-order valence-electron chi connectivity index (χ4n) is 4.35. The van der Waals surface area contributed by atoms with Gasteiger partial charge in [-0.2, -0.15) is 0 Å². The Morgan fingerprint density at radius 1 is 1.30 bits per heavy atom. The maximum Gasteiger partial charge on any atom is 0.352 e. The van der Waals surface area contributed by atoms with E-state index in [0.29, 0.717) is 24.1 Å². The zero-order valence-electron chi connectivity index (χ0n) is 20.6. The van der Waals surface area contributed by atoms with Crippen molar-refractivity contribution in [3.8, 4) is 0 Å². The number of primary amides is 1. The highest BCUT2D eigenvalue weighted by Gasteiger charge is 2.54. The summed E-state index contributed by atoms with van der Waals surface area (Å²) in [7, 11) is 0. The molecule has 0 aromatic carbocycles. The van der Waals surface area contributed by atoms with Crippen LogP contribution in [0.5, 0.6) is 0 Å². The number of nitrogens with two attached hydrogens (primary N) is 2. The summed E-state index contributed by atoms with van der Waals surface area (Å²) in [6.07, 6.45) is 2.67. The molecule has 0 bridgehead atoms. The van der Waals surface area contributed by atoms with Crippen molar-refractivity contribution in [1.29, 1.82) is 0 Å². The number of hydrogen-bond donors (Lipinski definition) is 5. The van der Waals surface area contributed by atoms with Gasteiger partial charge in [0.15, 0.2) is 29.8 Å². The quantitative estimate of drug-likeness (QED) is 0.0954. The number of aliphatic carboxylic acids is 1. The number of anilines is 1. The fraction of sp³-hybridized carbons (Fsp3) is 0.304. The Balaban J connectivity index is 1.33. The van der Waals surface area contributed by atoms with Gasteiger partial charge in [0.2, 0.25) is 12.0 Å². The molecule has 0 radical (unpaired) electrons. The highest BCUT2D eigenvalue weighted by Crippen LogP contribution is 2.40. The Bertz CT molecular complexity index is 1470. The van der Waals surface area contributed by atoms with Crippen LogP contribution >= 0.6 is 23.1 Å². The van der Waals surface area contributed by atoms with Crippen LogP contribution in [0.2, 0.25) is 0 Å². The molecule has 15 nitrogen and oxygen atoms in total. The molecule has 1 unspecified atom stereocenters. The number of nitrogens with zero attached hydrogens (tertiary/aromatic N) is 4. The summed E-state index contributed by atoms with van der Waals surface area (Å²) in [5, 5.41) is 20.0. The zero-order valence-corrected chi connectivity index (χ0v) is 22.2. The average Bonchev–Trinajstić information content (AvgIpc) is 3.54. The van der Waals surface area contributed by atoms with Gasteiger partial charge < -0.3 is 32.0 Å². The summed E-state index contributed by atoms with van der Waals surface area (Å²) in [5.74, 6) is -3.36. The minimum atomic E-state index is -1.28. The number of carbonyl (C=O) groups is 5. The van der Waals surface area contributed by atoms with Crippen LogP contribution in [0.4, 0.5) is 5.13 Å². The second-order valence-electron chi connectivity index (χ2n) is 8.93. The van der Waals surface area contributed by atoms with Crippen LogP contribution in [0, 0.1) is 0 Å². The number of β-lactam (4-membered cyclic amide) rings is 1. The maximum atomic E-state index is 13.2. The van der Waals surface area contributed by atoms with Gasteiger partial charge in [-0.3, -0.25) is 24.1 Å². The van der Waals surface area contributed by atoms with Crippen LogP contribution in [0.1, 0.15) is 22.5 Å². The number of hydrogen-bond acceptors (Lipinski definition) is 11. The van der Waals surface area contributed by atoms with Crippen molar-refractivity contribution in [2.75, 3.05) is 18.0 Å². The van der Waals surface area contributed by atoms with Crippen molar-refractivity contribution in [3.63, 3.8) is 0 Å². The van der Waals surface area contributed by atoms with Crippen LogP contribution in [0.3, 0.4) is 0 Å². The van der Waals surface area contributed by atoms with E-state index in [4.69, 9.17) is 16.3 Å². The van der Waals surface area contributed by atoms with Gasteiger partial charge in [0.25, 0.3) is 17.7 Å². The van der Waals surface area contributed by atoms with Crippen molar-refractivity contribution < 1.29 is 38.5 Å². The summed E-state index contributed by atoms with van der Waals surface area (Å²) in [4.78, 5) is 72.2. The number of carboxylic acids is 1. The zero-order chi connectivity index (χ0) is 28.6. The molecule has 0 saturated carbocycles. The van der Waals surface area contributed by atoms with E-state index in [1.54, 1.807) is 17.0 Å². The molecule has 5 heterocycles. The Hall–Kier alpha value is -4.51. The van der Waals surface area contributed by atoms with E-state index >= 15 is 0 Å². The van der Waals surface area contributed by atoms with Crippen molar-refractivity contribution in [2.24, 2.45) is 10.9 Å². The number of oxime groups is 1. The predicted octanol–water partition coefficient (Wildman–Crippen LogP) is -1.84. The molecule has 3 aliphatic heterocycles. The maximum absolute atomic E-state index is 13.2. The average molecular weight is 588 g/mol. The predicted molar refractivity (Wildman–Crippen MR) is 140 cm³/mol. The van der Waals surface area contributed by atoms with E-state index in [-0.39, 0.29) is 40.4 Å². The third-order valence-electron chi connectivity index (χ3n) is 6.33. The van der Waals surface area contributed by atoms with Gasteiger partial charge in [0.1, 0.15) is 22.8 Å². The molecule has 2 fully saturated rings. The summed E-state index contributed by atoms with van der Waals surface area (Å²) >= 11 is 2.36. The topological polar surface area (TPSA) is 223 Å². The van der Waals surface area contributed by atoms with Crippen LogP contribution < -0.4 is 26.7 Å². The Morgan fingerprint density at radius 2 is 2.05 bits per heavy atom. The number of amides is 4. The Labute approximate surface area is 234 Å². The minimum Gasteiger partial charge on any atom is -0.477 e. The first-order chi connectivity index (χ1) is 19.1. The Kier molecular flexibility index (Phi) is 7.40. The molecule has 0 spiro atoms. The molecule has 0 aliphatic carbocycles. The molecule has 3 atom stereocenters. The minimum absolute atomic E-state index is 0.103. The van der Waals surface area contributed by atoms with Crippen LogP contribution in [0.15, 0.2) is 46.3 Å². The van der Waals surface area contributed by atoms with Gasteiger partial charge in [0.05, 0.1) is 5.56 Å². The number of thiazole rings is 1. The lowest BCUT2D eigenvalue weighted by Crippen LogP contribution is -2.71. The molecule has 40 heavy (non-hydrogen) atoms. The van der Waals surface area contributed by atoms with E-state index in [2.05, 4.69) is 20.8 Å². The van der Waals surface area contributed by atoms with Crippen molar-refractivity contribution in [3.05, 3.63) is 52.4 Å². The highest BCUT2D eigenvalue weighted by molar-refractivity contribution is 8.00. The second kappa shape index (κ2) is 10.9. The molecular formula is C23H23N8O7S2+. The summed E-state index contributed by atoms with van der Waals surface area (Å²) in [6.45, 7) is 0.573. The summed E-state index contributed by atoms with van der Waals surface area (Å²) < 4.78 is 1.67. The number of nitrogens with one attached hydrogen (secondary N) is 2. The van der Waals surface area contributed by atoms with Gasteiger partial charge in [-0.1, -0.05) is 5.16 Å². The first-order valence-electron chi connectivity index (χ1n) is 11.9. The number of nitrogen functional groups attached to an aromatic ring is 1. The second-order valence-corrected chi connectivity index (χ2v) is 10.9. The molecule has 3 aliphatic rings. The molecule has 7 N–H and O–H groups in total. The molecule has 2 aromatic heterocycles. The van der Waals surface area contributed by atoms with E-state index in [1.165, 1.54) is 29.3 Å². The summed E-state index contributed by atoms with van der Waals surface area (Å²) in [5.41, 5.74) is 11.4. The van der Waals surface area contributed by atoms with Crippen molar-refractivity contribution in [1.82, 2.24) is 20.5 Å². The van der Waals surface area contributed by atoms with E-state index in [0.717, 1.165) is 16.2 Å². The van der Waals surface area contributed by atoms with Crippen LogP contribution in [0.25, 0.3) is 0 Å². The number of pyridine rings is 1. The van der Waals surface area contributed by atoms with Crippen LogP contribution in [-0.4, -0.2) is 80.1 Å². The third kappa shape index (κ3) is 5.20. The smallest absolute Gasteiger partial charge is 0.352 e. The van der Waals surface area contributed by atoms with E-state index in [9.17, 15) is 29.1 Å². The number of aromatic nitrogens is 2. The number of thioether (sulfide) groups is 1. The van der Waals surface area contributed by atoms with Crippen molar-refractivity contribution in [2.45, 2.75) is 30.5 Å². The van der Waals surface area contributed by atoms with Gasteiger partial charge in [0, 0.05) is 41.8 Å². The molecule has 5 rings (SSSR count). The van der Waals surface area contributed by atoms with Gasteiger partial charge in [-0.05, 0) is 0 Å². The lowest BCUT2D eigenvalue weighted by molar-refractivity contribution is -0.689. The van der Waals surface area contributed by atoms with Crippen LogP contribution in [-0.2, 0) is 30.6 Å².